The quantitative estimate of drug-likeness (QED) is 0.489. The number of phenolic OH excluding ortho intramolecular Hbond substituents is 2. The molecular weight excluding hydrogens is 322 g/mol. The summed E-state index contributed by atoms with van der Waals surface area (Å²) in [6, 6.07) is 13.9. The third-order valence-corrected chi connectivity index (χ3v) is 4.02. The second-order valence-corrected chi connectivity index (χ2v) is 5.91. The van der Waals surface area contributed by atoms with E-state index in [1.165, 1.54) is 18.0 Å². The molecule has 2 rings (SSSR count). The summed E-state index contributed by atoms with van der Waals surface area (Å²) in [6.45, 7) is 2.07. The summed E-state index contributed by atoms with van der Waals surface area (Å²) < 4.78 is 0. The van der Waals surface area contributed by atoms with Crippen molar-refractivity contribution in [2.75, 3.05) is 5.75 Å². The molecule has 0 aromatic heterocycles. The zero-order valence-corrected chi connectivity index (χ0v) is 14.1. The number of rotatable bonds is 5. The summed E-state index contributed by atoms with van der Waals surface area (Å²) in [7, 11) is 0. The molecule has 0 aliphatic carbocycles. The Kier molecular flexibility index (Phi) is 7.04. The Hall–Kier alpha value is -2.60. The van der Waals surface area contributed by atoms with Crippen LogP contribution in [-0.2, 0) is 0 Å². The molecule has 2 aromatic rings. The van der Waals surface area contributed by atoms with Crippen molar-refractivity contribution in [3.8, 4) is 11.5 Å². The molecule has 6 heteroatoms. The molecule has 0 aliphatic rings. The highest BCUT2D eigenvalue weighted by atomic mass is 32.2. The molecule has 2 N–H and O–H groups in total. The number of phenols is 2. The number of amidine groups is 1. The lowest BCUT2D eigenvalue weighted by molar-refractivity contribution is 0.474. The van der Waals surface area contributed by atoms with Crippen molar-refractivity contribution < 1.29 is 10.2 Å². The van der Waals surface area contributed by atoms with Gasteiger partial charge in [0, 0.05) is 23.1 Å². The highest BCUT2D eigenvalue weighted by Crippen LogP contribution is 2.15. The molecule has 0 bridgehead atoms. The fourth-order valence-corrected chi connectivity index (χ4v) is 2.36. The lowest BCUT2D eigenvalue weighted by Crippen LogP contribution is -1.92. The fraction of sp³-hybridized carbons (Fsp3) is 0.167. The molecule has 5 nitrogen and oxygen atoms in total. The molecule has 0 saturated carbocycles. The fourth-order valence-electron chi connectivity index (χ4n) is 1.74. The monoisotopic (exact) mass is 341 g/mol. The van der Waals surface area contributed by atoms with Crippen molar-refractivity contribution in [1.29, 1.82) is 0 Å². The lowest BCUT2D eigenvalue weighted by Gasteiger charge is -1.99. The number of aliphatic imine (C=N–C) groups is 1. The Balaban J connectivity index is 2.15. The van der Waals surface area contributed by atoms with Crippen LogP contribution in [0.1, 0.15) is 24.5 Å². The molecule has 0 saturated heterocycles. The highest BCUT2D eigenvalue weighted by Gasteiger charge is 2.00. The van der Waals surface area contributed by atoms with E-state index in [1.807, 2.05) is 12.1 Å². The zero-order chi connectivity index (χ0) is 17.2. The largest absolute Gasteiger partial charge is 0.507 e. The van der Waals surface area contributed by atoms with Gasteiger partial charge in [-0.15, -0.1) is 5.10 Å². The molecule has 0 heterocycles. The molecule has 0 unspecified atom stereocenters. The van der Waals surface area contributed by atoms with Crippen molar-refractivity contribution in [1.82, 2.24) is 0 Å². The van der Waals surface area contributed by atoms with E-state index in [0.717, 1.165) is 12.2 Å². The Bertz CT molecular complexity index is 757. The topological polar surface area (TPSA) is 77.5 Å². The molecule has 2 aromatic carbocycles. The number of aromatic hydroxyl groups is 2. The second-order valence-electron chi connectivity index (χ2n) is 4.85. The van der Waals surface area contributed by atoms with Crippen LogP contribution in [0.5, 0.6) is 11.5 Å². The van der Waals surface area contributed by atoms with Crippen molar-refractivity contribution >= 4 is 29.4 Å². The molecule has 0 fully saturated rings. The van der Waals surface area contributed by atoms with Crippen LogP contribution >= 0.6 is 11.8 Å². The Morgan fingerprint density at radius 1 is 0.958 bits per heavy atom. The van der Waals surface area contributed by atoms with Gasteiger partial charge in [-0.2, -0.15) is 5.10 Å². The summed E-state index contributed by atoms with van der Waals surface area (Å²) in [4.78, 5) is 4.30. The van der Waals surface area contributed by atoms with Gasteiger partial charge in [-0.1, -0.05) is 43.0 Å². The Morgan fingerprint density at radius 3 is 2.12 bits per heavy atom. The van der Waals surface area contributed by atoms with Crippen LogP contribution in [0.25, 0.3) is 0 Å². The number of para-hydroxylation sites is 2. The van der Waals surface area contributed by atoms with Crippen LogP contribution in [0.4, 0.5) is 0 Å². The molecule has 0 amide bonds. The van der Waals surface area contributed by atoms with E-state index in [0.29, 0.717) is 16.3 Å². The average molecular weight is 341 g/mol. The first kappa shape index (κ1) is 17.7. The molecule has 124 valence electrons. The summed E-state index contributed by atoms with van der Waals surface area (Å²) in [6.07, 6.45) is 4.03. The van der Waals surface area contributed by atoms with Gasteiger partial charge in [0.1, 0.15) is 11.5 Å². The third-order valence-electron chi connectivity index (χ3n) is 2.96. The lowest BCUT2D eigenvalue weighted by atomic mass is 10.2. The molecule has 0 atom stereocenters. The van der Waals surface area contributed by atoms with Gasteiger partial charge in [0.25, 0.3) is 0 Å². The van der Waals surface area contributed by atoms with E-state index in [-0.39, 0.29) is 11.5 Å². The average Bonchev–Trinajstić information content (AvgIpc) is 2.59. The van der Waals surface area contributed by atoms with Crippen molar-refractivity contribution in [2.45, 2.75) is 13.3 Å². The second kappa shape index (κ2) is 9.52. The van der Waals surface area contributed by atoms with Gasteiger partial charge in [-0.25, -0.2) is 4.99 Å². The molecule has 0 spiro atoms. The van der Waals surface area contributed by atoms with Gasteiger partial charge in [-0.3, -0.25) is 0 Å². The smallest absolute Gasteiger partial charge is 0.208 e. The van der Waals surface area contributed by atoms with Crippen LogP contribution in [0, 0.1) is 0 Å². The van der Waals surface area contributed by atoms with Gasteiger partial charge in [-0.05, 0) is 30.7 Å². The molecule has 0 aliphatic heterocycles. The summed E-state index contributed by atoms with van der Waals surface area (Å²) in [5.41, 5.74) is 1.21. The molecular formula is C18H19N3O2S. The first-order valence-corrected chi connectivity index (χ1v) is 8.53. The predicted molar refractivity (Wildman–Crippen MR) is 102 cm³/mol. The van der Waals surface area contributed by atoms with E-state index in [1.54, 1.807) is 42.6 Å². The summed E-state index contributed by atoms with van der Waals surface area (Å²) >= 11 is 1.48. The zero-order valence-electron chi connectivity index (χ0n) is 13.3. The minimum absolute atomic E-state index is 0.150. The maximum atomic E-state index is 9.76. The van der Waals surface area contributed by atoms with Crippen molar-refractivity contribution in [2.24, 2.45) is 15.2 Å². The van der Waals surface area contributed by atoms with E-state index in [4.69, 9.17) is 0 Å². The minimum atomic E-state index is 0.150. The minimum Gasteiger partial charge on any atom is -0.507 e. The predicted octanol–water partition coefficient (Wildman–Crippen LogP) is 4.05. The van der Waals surface area contributed by atoms with Crippen LogP contribution in [0.3, 0.4) is 0 Å². The van der Waals surface area contributed by atoms with E-state index >= 15 is 0 Å². The van der Waals surface area contributed by atoms with E-state index in [2.05, 4.69) is 22.1 Å². The number of hydrogen-bond donors (Lipinski definition) is 2. The van der Waals surface area contributed by atoms with Gasteiger partial charge in [0.2, 0.25) is 5.17 Å². The Labute approximate surface area is 145 Å². The van der Waals surface area contributed by atoms with E-state index in [9.17, 15) is 10.2 Å². The third kappa shape index (κ3) is 5.55. The molecule has 24 heavy (non-hydrogen) atoms. The van der Waals surface area contributed by atoms with Crippen LogP contribution < -0.4 is 0 Å². The first-order valence-electron chi connectivity index (χ1n) is 7.54. The SMILES string of the molecule is CCCSC(=N\N=C\c1ccccc1O)/N=C/c1ccccc1O. The number of benzene rings is 2. The van der Waals surface area contributed by atoms with Gasteiger partial charge >= 0.3 is 0 Å². The number of nitrogens with zero attached hydrogens (tertiary/aromatic N) is 3. The Morgan fingerprint density at radius 2 is 1.54 bits per heavy atom. The van der Waals surface area contributed by atoms with Gasteiger partial charge in [0.05, 0.1) is 6.21 Å². The van der Waals surface area contributed by atoms with Crippen LogP contribution in [0.2, 0.25) is 0 Å². The van der Waals surface area contributed by atoms with Crippen LogP contribution in [0.15, 0.2) is 63.7 Å². The number of hydrogen-bond acceptors (Lipinski definition) is 5. The van der Waals surface area contributed by atoms with Crippen molar-refractivity contribution in [3.63, 3.8) is 0 Å². The normalized spacial score (nSPS) is 12.3. The highest BCUT2D eigenvalue weighted by molar-refractivity contribution is 8.13. The van der Waals surface area contributed by atoms with Crippen LogP contribution in [-0.4, -0.2) is 33.6 Å². The first-order chi connectivity index (χ1) is 11.7. The van der Waals surface area contributed by atoms with E-state index < -0.39 is 0 Å². The van der Waals surface area contributed by atoms with Gasteiger partial charge < -0.3 is 10.2 Å². The van der Waals surface area contributed by atoms with Gasteiger partial charge in [0.15, 0.2) is 0 Å². The summed E-state index contributed by atoms with van der Waals surface area (Å²) in [5.74, 6) is 1.18. The molecule has 0 radical (unpaired) electrons. The van der Waals surface area contributed by atoms with Crippen molar-refractivity contribution in [3.05, 3.63) is 59.7 Å². The number of thioether (sulfide) groups is 1. The maximum absolute atomic E-state index is 9.76. The summed E-state index contributed by atoms with van der Waals surface area (Å²) in [5, 5.41) is 28.0. The maximum Gasteiger partial charge on any atom is 0.208 e. The standard InChI is InChI=1S/C18H19N3O2S/c1-2-11-24-18(19-12-14-7-3-5-9-16(14)22)21-20-13-15-8-4-6-10-17(15)23/h3-10,12-13,22-23H,2,11H2,1H3/b19-12+,20-13+,21-18-.